The minimum Gasteiger partial charge on any atom is -0.481 e. The molecule has 0 saturated carbocycles. The number of nitrogens with zero attached hydrogens (tertiary/aromatic N) is 3. The summed E-state index contributed by atoms with van der Waals surface area (Å²) in [4.78, 5) is 4.07. The third-order valence-corrected chi connectivity index (χ3v) is 1.70. The molecule has 66 valence electrons. The highest BCUT2D eigenvalue weighted by molar-refractivity contribution is 5.30. The van der Waals surface area contributed by atoms with E-state index in [4.69, 9.17) is 4.74 Å². The molecule has 2 heterocycles. The Labute approximate surface area is 75.8 Å². The summed E-state index contributed by atoms with van der Waals surface area (Å²) in [6, 6.07) is 5.57. The second kappa shape index (κ2) is 3.26. The SMILES string of the molecule is COc1ccc(-n2cccn2)cn1. The van der Waals surface area contributed by atoms with Gasteiger partial charge in [0, 0.05) is 18.5 Å². The predicted molar refractivity (Wildman–Crippen MR) is 47.9 cm³/mol. The van der Waals surface area contributed by atoms with E-state index in [0.29, 0.717) is 5.88 Å². The van der Waals surface area contributed by atoms with Crippen molar-refractivity contribution in [2.24, 2.45) is 0 Å². The van der Waals surface area contributed by atoms with E-state index in [1.165, 1.54) is 0 Å². The molecule has 0 aromatic carbocycles. The lowest BCUT2D eigenvalue weighted by molar-refractivity contribution is 0.397. The highest BCUT2D eigenvalue weighted by Gasteiger charge is 1.96. The van der Waals surface area contributed by atoms with Crippen LogP contribution in [0.4, 0.5) is 0 Å². The fourth-order valence-electron chi connectivity index (χ4n) is 1.05. The first-order chi connectivity index (χ1) is 6.40. The van der Waals surface area contributed by atoms with Gasteiger partial charge in [0.25, 0.3) is 0 Å². The summed E-state index contributed by atoms with van der Waals surface area (Å²) in [7, 11) is 1.59. The molecule has 4 heteroatoms. The Hall–Kier alpha value is -1.84. The Balaban J connectivity index is 2.33. The van der Waals surface area contributed by atoms with Gasteiger partial charge in [0.1, 0.15) is 0 Å². The van der Waals surface area contributed by atoms with Crippen molar-refractivity contribution in [2.75, 3.05) is 7.11 Å². The van der Waals surface area contributed by atoms with Crippen LogP contribution in [0, 0.1) is 0 Å². The molecule has 13 heavy (non-hydrogen) atoms. The quantitative estimate of drug-likeness (QED) is 0.690. The van der Waals surface area contributed by atoms with Crippen LogP contribution in [-0.4, -0.2) is 21.9 Å². The van der Waals surface area contributed by atoms with E-state index in [-0.39, 0.29) is 0 Å². The Morgan fingerprint density at radius 1 is 1.38 bits per heavy atom. The summed E-state index contributed by atoms with van der Waals surface area (Å²) >= 11 is 0. The van der Waals surface area contributed by atoms with Crippen LogP contribution in [0.2, 0.25) is 0 Å². The molecule has 2 aromatic heterocycles. The molecule has 0 fully saturated rings. The van der Waals surface area contributed by atoms with Gasteiger partial charge >= 0.3 is 0 Å². The molecule has 4 nitrogen and oxygen atoms in total. The third kappa shape index (κ3) is 1.51. The molecule has 0 saturated heterocycles. The lowest BCUT2D eigenvalue weighted by atomic mass is 10.4. The van der Waals surface area contributed by atoms with Crippen molar-refractivity contribution >= 4 is 0 Å². The molecular formula is C9H9N3O. The van der Waals surface area contributed by atoms with Crippen LogP contribution in [0.25, 0.3) is 5.69 Å². The summed E-state index contributed by atoms with van der Waals surface area (Å²) in [5.74, 6) is 0.607. The molecule has 0 spiro atoms. The molecule has 0 N–H and O–H groups in total. The smallest absolute Gasteiger partial charge is 0.213 e. The zero-order chi connectivity index (χ0) is 9.10. The summed E-state index contributed by atoms with van der Waals surface area (Å²) < 4.78 is 6.69. The zero-order valence-electron chi connectivity index (χ0n) is 7.21. The van der Waals surface area contributed by atoms with E-state index >= 15 is 0 Å². The second-order valence-electron chi connectivity index (χ2n) is 2.51. The number of hydrogen-bond donors (Lipinski definition) is 0. The van der Waals surface area contributed by atoms with Crippen molar-refractivity contribution in [3.63, 3.8) is 0 Å². The van der Waals surface area contributed by atoms with Crippen molar-refractivity contribution in [3.8, 4) is 11.6 Å². The van der Waals surface area contributed by atoms with Gasteiger partial charge in [-0.1, -0.05) is 0 Å². The first kappa shape index (κ1) is 7.79. The fraction of sp³-hybridized carbons (Fsp3) is 0.111. The number of aromatic nitrogens is 3. The third-order valence-electron chi connectivity index (χ3n) is 1.70. The average Bonchev–Trinajstić information content (AvgIpc) is 2.71. The van der Waals surface area contributed by atoms with Gasteiger partial charge in [-0.15, -0.1) is 0 Å². The zero-order valence-corrected chi connectivity index (χ0v) is 7.21. The van der Waals surface area contributed by atoms with E-state index in [1.54, 1.807) is 30.3 Å². The molecule has 0 aliphatic carbocycles. The van der Waals surface area contributed by atoms with Crippen molar-refractivity contribution in [1.82, 2.24) is 14.8 Å². The van der Waals surface area contributed by atoms with Gasteiger partial charge in [0.2, 0.25) is 5.88 Å². The van der Waals surface area contributed by atoms with Crippen LogP contribution >= 0.6 is 0 Å². The van der Waals surface area contributed by atoms with Crippen molar-refractivity contribution in [2.45, 2.75) is 0 Å². The Morgan fingerprint density at radius 3 is 2.85 bits per heavy atom. The van der Waals surface area contributed by atoms with Gasteiger partial charge in [0.05, 0.1) is 19.0 Å². The number of hydrogen-bond acceptors (Lipinski definition) is 3. The first-order valence-corrected chi connectivity index (χ1v) is 3.90. The lowest BCUT2D eigenvalue weighted by Gasteiger charge is -2.01. The highest BCUT2D eigenvalue weighted by Crippen LogP contribution is 2.09. The minimum absolute atomic E-state index is 0.607. The number of methoxy groups -OCH3 is 1. The van der Waals surface area contributed by atoms with Crippen LogP contribution < -0.4 is 4.74 Å². The summed E-state index contributed by atoms with van der Waals surface area (Å²) in [6.45, 7) is 0. The highest BCUT2D eigenvalue weighted by atomic mass is 16.5. The van der Waals surface area contributed by atoms with Crippen LogP contribution in [-0.2, 0) is 0 Å². The summed E-state index contributed by atoms with van der Waals surface area (Å²) in [6.07, 6.45) is 5.31. The Morgan fingerprint density at radius 2 is 2.31 bits per heavy atom. The molecule has 0 bridgehead atoms. The average molecular weight is 175 g/mol. The number of ether oxygens (including phenoxy) is 1. The maximum absolute atomic E-state index is 4.95. The lowest BCUT2D eigenvalue weighted by Crippen LogP contribution is -1.95. The van der Waals surface area contributed by atoms with Crippen molar-refractivity contribution in [1.29, 1.82) is 0 Å². The van der Waals surface area contributed by atoms with E-state index in [2.05, 4.69) is 10.1 Å². The molecule has 0 aliphatic heterocycles. The van der Waals surface area contributed by atoms with Gasteiger partial charge in [0.15, 0.2) is 0 Å². The standard InChI is InChI=1S/C9H9N3O/c1-13-9-4-3-8(7-10-9)12-6-2-5-11-12/h2-7H,1H3. The second-order valence-corrected chi connectivity index (χ2v) is 2.51. The predicted octanol–water partition coefficient (Wildman–Crippen LogP) is 1.28. The van der Waals surface area contributed by atoms with E-state index in [1.807, 2.05) is 18.3 Å². The molecule has 0 aliphatic rings. The summed E-state index contributed by atoms with van der Waals surface area (Å²) in [5, 5.41) is 4.08. The molecule has 0 unspecified atom stereocenters. The molecule has 2 rings (SSSR count). The van der Waals surface area contributed by atoms with E-state index < -0.39 is 0 Å². The van der Waals surface area contributed by atoms with Crippen molar-refractivity contribution < 1.29 is 4.74 Å². The van der Waals surface area contributed by atoms with Crippen LogP contribution in [0.1, 0.15) is 0 Å². The molecule has 0 amide bonds. The van der Waals surface area contributed by atoms with Crippen LogP contribution in [0.5, 0.6) is 5.88 Å². The van der Waals surface area contributed by atoms with Crippen LogP contribution in [0.3, 0.4) is 0 Å². The molecule has 2 aromatic rings. The minimum atomic E-state index is 0.607. The fourth-order valence-corrected chi connectivity index (χ4v) is 1.05. The van der Waals surface area contributed by atoms with Gasteiger partial charge in [-0.05, 0) is 12.1 Å². The van der Waals surface area contributed by atoms with Gasteiger partial charge in [-0.2, -0.15) is 5.10 Å². The molecular weight excluding hydrogens is 166 g/mol. The van der Waals surface area contributed by atoms with Gasteiger partial charge in [-0.3, -0.25) is 0 Å². The maximum atomic E-state index is 4.95. The normalized spacial score (nSPS) is 9.92. The maximum Gasteiger partial charge on any atom is 0.213 e. The Bertz CT molecular complexity index is 366. The van der Waals surface area contributed by atoms with Crippen LogP contribution in [0.15, 0.2) is 36.8 Å². The van der Waals surface area contributed by atoms with E-state index in [9.17, 15) is 0 Å². The number of rotatable bonds is 2. The molecule has 0 radical (unpaired) electrons. The largest absolute Gasteiger partial charge is 0.481 e. The number of pyridine rings is 1. The van der Waals surface area contributed by atoms with Gasteiger partial charge in [-0.25, -0.2) is 9.67 Å². The molecule has 0 atom stereocenters. The van der Waals surface area contributed by atoms with E-state index in [0.717, 1.165) is 5.69 Å². The monoisotopic (exact) mass is 175 g/mol. The first-order valence-electron chi connectivity index (χ1n) is 3.90. The van der Waals surface area contributed by atoms with Crippen molar-refractivity contribution in [3.05, 3.63) is 36.8 Å². The topological polar surface area (TPSA) is 39.9 Å². The Kier molecular flexibility index (Phi) is 1.96. The van der Waals surface area contributed by atoms with Gasteiger partial charge < -0.3 is 4.74 Å². The summed E-state index contributed by atoms with van der Waals surface area (Å²) in [5.41, 5.74) is 0.922.